The molecule has 0 saturated heterocycles. The number of carbonyl (C=O) groups excluding carboxylic acids is 1. The molecule has 0 aliphatic rings. The largest absolute Gasteiger partial charge is 0.497 e. The molecule has 0 heterocycles. The Bertz CT molecular complexity index is 378. The van der Waals surface area contributed by atoms with E-state index in [1.165, 1.54) is 0 Å². The van der Waals surface area contributed by atoms with Crippen molar-refractivity contribution < 1.29 is 9.53 Å². The number of carbonyl (C=O) groups is 1. The molecule has 0 unspecified atom stereocenters. The third-order valence-corrected chi connectivity index (χ3v) is 2.27. The zero-order chi connectivity index (χ0) is 11.3. The van der Waals surface area contributed by atoms with Gasteiger partial charge in [-0.1, -0.05) is 12.2 Å². The van der Waals surface area contributed by atoms with Gasteiger partial charge in [-0.3, -0.25) is 4.79 Å². The molecule has 2 heteroatoms. The summed E-state index contributed by atoms with van der Waals surface area (Å²) in [5, 5.41) is 0. The Morgan fingerprint density at radius 3 is 2.73 bits per heavy atom. The van der Waals surface area contributed by atoms with Crippen LogP contribution in [0.2, 0.25) is 0 Å². The van der Waals surface area contributed by atoms with Crippen LogP contribution in [0.15, 0.2) is 30.4 Å². The summed E-state index contributed by atoms with van der Waals surface area (Å²) < 4.78 is 5.13. The van der Waals surface area contributed by atoms with Gasteiger partial charge in [0.05, 0.1) is 7.11 Å². The maximum Gasteiger partial charge on any atom is 0.160 e. The van der Waals surface area contributed by atoms with Crippen molar-refractivity contribution in [1.29, 1.82) is 0 Å². The van der Waals surface area contributed by atoms with Gasteiger partial charge in [0.15, 0.2) is 5.78 Å². The minimum atomic E-state index is 0.0946. The molecule has 0 saturated carbocycles. The number of rotatable bonds is 4. The highest BCUT2D eigenvalue weighted by molar-refractivity contribution is 5.95. The summed E-state index contributed by atoms with van der Waals surface area (Å²) in [4.78, 5) is 11.4. The van der Waals surface area contributed by atoms with Crippen LogP contribution in [0.1, 0.15) is 29.8 Å². The van der Waals surface area contributed by atoms with Crippen molar-refractivity contribution in [3.63, 3.8) is 0 Å². The van der Waals surface area contributed by atoms with E-state index in [1.54, 1.807) is 14.0 Å². The molecule has 0 radical (unpaired) electrons. The van der Waals surface area contributed by atoms with E-state index in [0.29, 0.717) is 0 Å². The molecule has 0 aliphatic heterocycles. The Kier molecular flexibility index (Phi) is 4.10. The topological polar surface area (TPSA) is 26.3 Å². The maximum absolute atomic E-state index is 11.4. The van der Waals surface area contributed by atoms with Gasteiger partial charge in [-0.15, -0.1) is 0 Å². The van der Waals surface area contributed by atoms with E-state index in [2.05, 4.69) is 0 Å². The third kappa shape index (κ3) is 2.94. The molecule has 1 aromatic carbocycles. The number of ketones is 1. The van der Waals surface area contributed by atoms with Crippen LogP contribution in [0.3, 0.4) is 0 Å². The fraction of sp³-hybridized carbons (Fsp3) is 0.308. The van der Waals surface area contributed by atoms with E-state index in [9.17, 15) is 4.79 Å². The summed E-state index contributed by atoms with van der Waals surface area (Å²) in [6.45, 7) is 3.55. The first-order valence-corrected chi connectivity index (χ1v) is 4.98. The van der Waals surface area contributed by atoms with E-state index in [1.807, 2.05) is 37.3 Å². The van der Waals surface area contributed by atoms with E-state index in [-0.39, 0.29) is 5.78 Å². The second kappa shape index (κ2) is 5.35. The Morgan fingerprint density at radius 2 is 2.20 bits per heavy atom. The molecule has 15 heavy (non-hydrogen) atoms. The fourth-order valence-electron chi connectivity index (χ4n) is 1.45. The first-order valence-electron chi connectivity index (χ1n) is 4.98. The molecule has 0 bridgehead atoms. The number of methoxy groups -OCH3 is 1. The zero-order valence-electron chi connectivity index (χ0n) is 9.41. The van der Waals surface area contributed by atoms with Crippen LogP contribution >= 0.6 is 0 Å². The lowest BCUT2D eigenvalue weighted by atomic mass is 10.0. The summed E-state index contributed by atoms with van der Waals surface area (Å²) in [6, 6.07) is 5.55. The molecular weight excluding hydrogens is 188 g/mol. The van der Waals surface area contributed by atoms with Gasteiger partial charge in [0.1, 0.15) is 5.75 Å². The Labute approximate surface area is 90.6 Å². The lowest BCUT2D eigenvalue weighted by Gasteiger charge is -2.07. The molecule has 0 aliphatic carbocycles. The average molecular weight is 204 g/mol. The quantitative estimate of drug-likeness (QED) is 0.556. The number of Topliss-reactive ketones (excluding diaryl/α,β-unsaturated/α-hetero) is 1. The number of hydrogen-bond acceptors (Lipinski definition) is 2. The predicted molar refractivity (Wildman–Crippen MR) is 61.5 cm³/mol. The maximum atomic E-state index is 11.4. The Hall–Kier alpha value is -1.57. The van der Waals surface area contributed by atoms with Gasteiger partial charge in [-0.2, -0.15) is 0 Å². The molecule has 0 N–H and O–H groups in total. The first kappa shape index (κ1) is 11.5. The van der Waals surface area contributed by atoms with E-state index < -0.39 is 0 Å². The molecule has 1 rings (SSSR count). The van der Waals surface area contributed by atoms with Crippen LogP contribution in [0.4, 0.5) is 0 Å². The lowest BCUT2D eigenvalue weighted by Crippen LogP contribution is -1.99. The number of hydrogen-bond donors (Lipinski definition) is 0. The second-order valence-corrected chi connectivity index (χ2v) is 3.35. The monoisotopic (exact) mass is 204 g/mol. The molecular formula is C13H16O2. The van der Waals surface area contributed by atoms with Crippen molar-refractivity contribution in [3.8, 4) is 5.75 Å². The molecule has 0 atom stereocenters. The summed E-state index contributed by atoms with van der Waals surface area (Å²) in [6.07, 6.45) is 4.77. The van der Waals surface area contributed by atoms with Crippen molar-refractivity contribution in [2.75, 3.05) is 7.11 Å². The normalized spacial score (nSPS) is 10.6. The van der Waals surface area contributed by atoms with Crippen LogP contribution in [-0.4, -0.2) is 12.9 Å². The number of ether oxygens (including phenoxy) is 1. The van der Waals surface area contributed by atoms with Crippen molar-refractivity contribution in [2.45, 2.75) is 20.3 Å². The van der Waals surface area contributed by atoms with Crippen molar-refractivity contribution in [2.24, 2.45) is 0 Å². The molecule has 0 aromatic heterocycles. The van der Waals surface area contributed by atoms with E-state index in [0.717, 1.165) is 23.3 Å². The van der Waals surface area contributed by atoms with Gasteiger partial charge in [0.2, 0.25) is 0 Å². The molecule has 0 spiro atoms. The lowest BCUT2D eigenvalue weighted by molar-refractivity contribution is 0.101. The smallest absolute Gasteiger partial charge is 0.160 e. The molecule has 0 fully saturated rings. The van der Waals surface area contributed by atoms with E-state index in [4.69, 9.17) is 4.74 Å². The van der Waals surface area contributed by atoms with Crippen molar-refractivity contribution in [3.05, 3.63) is 41.5 Å². The summed E-state index contributed by atoms with van der Waals surface area (Å²) in [5.74, 6) is 0.886. The van der Waals surface area contributed by atoms with E-state index >= 15 is 0 Å². The van der Waals surface area contributed by atoms with Crippen LogP contribution in [0.5, 0.6) is 5.75 Å². The average Bonchev–Trinajstić information content (AvgIpc) is 2.25. The second-order valence-electron chi connectivity index (χ2n) is 3.35. The fourth-order valence-corrected chi connectivity index (χ4v) is 1.45. The molecule has 80 valence electrons. The van der Waals surface area contributed by atoms with Crippen LogP contribution < -0.4 is 4.74 Å². The van der Waals surface area contributed by atoms with Gasteiger partial charge < -0.3 is 4.74 Å². The van der Waals surface area contributed by atoms with Gasteiger partial charge in [-0.05, 0) is 44.0 Å². The molecule has 2 nitrogen and oxygen atoms in total. The van der Waals surface area contributed by atoms with Crippen LogP contribution in [0.25, 0.3) is 0 Å². The third-order valence-electron chi connectivity index (χ3n) is 2.27. The number of benzene rings is 1. The highest BCUT2D eigenvalue weighted by atomic mass is 16.5. The molecule has 0 amide bonds. The Balaban J connectivity index is 3.10. The summed E-state index contributed by atoms with van der Waals surface area (Å²) >= 11 is 0. The molecule has 1 aromatic rings. The summed E-state index contributed by atoms with van der Waals surface area (Å²) in [7, 11) is 1.63. The predicted octanol–water partition coefficient (Wildman–Crippen LogP) is 3.02. The first-order chi connectivity index (χ1) is 7.19. The minimum absolute atomic E-state index is 0.0946. The standard InChI is InChI=1S/C13H16O2/c1-4-5-6-11-9-12(15-3)7-8-13(11)10(2)14/h4-5,7-9H,6H2,1-3H3. The van der Waals surface area contributed by atoms with Crippen LogP contribution in [-0.2, 0) is 6.42 Å². The highest BCUT2D eigenvalue weighted by Gasteiger charge is 2.06. The van der Waals surface area contributed by atoms with Gasteiger partial charge in [0, 0.05) is 5.56 Å². The van der Waals surface area contributed by atoms with Gasteiger partial charge in [-0.25, -0.2) is 0 Å². The Morgan fingerprint density at radius 1 is 1.47 bits per heavy atom. The van der Waals surface area contributed by atoms with Gasteiger partial charge in [0.25, 0.3) is 0 Å². The highest BCUT2D eigenvalue weighted by Crippen LogP contribution is 2.19. The SMILES string of the molecule is CC=CCc1cc(OC)ccc1C(C)=O. The van der Waals surface area contributed by atoms with Gasteiger partial charge >= 0.3 is 0 Å². The number of allylic oxidation sites excluding steroid dienone is 2. The zero-order valence-corrected chi connectivity index (χ0v) is 9.41. The van der Waals surface area contributed by atoms with Crippen LogP contribution in [0, 0.1) is 0 Å². The van der Waals surface area contributed by atoms with Crippen molar-refractivity contribution >= 4 is 5.78 Å². The van der Waals surface area contributed by atoms with Crippen molar-refractivity contribution in [1.82, 2.24) is 0 Å². The summed E-state index contributed by atoms with van der Waals surface area (Å²) in [5.41, 5.74) is 1.79. The minimum Gasteiger partial charge on any atom is -0.497 e.